The van der Waals surface area contributed by atoms with Crippen LogP contribution in [0.2, 0.25) is 0 Å². The Labute approximate surface area is 239 Å². The van der Waals surface area contributed by atoms with Crippen molar-refractivity contribution in [3.05, 3.63) is 75.5 Å². The van der Waals surface area contributed by atoms with Crippen molar-refractivity contribution < 1.29 is 28.9 Å². The molecule has 0 bridgehead atoms. The van der Waals surface area contributed by atoms with Crippen LogP contribution in [0.1, 0.15) is 63.1 Å². The van der Waals surface area contributed by atoms with E-state index in [0.29, 0.717) is 57.9 Å². The number of aliphatic hydroxyl groups is 1. The number of aromatic nitrogens is 1. The zero-order valence-electron chi connectivity index (χ0n) is 24.5. The second kappa shape index (κ2) is 11.9. The molecule has 1 fully saturated rings. The van der Waals surface area contributed by atoms with Crippen molar-refractivity contribution in [1.29, 1.82) is 0 Å². The molecule has 0 radical (unpaired) electrons. The standard InChI is InChI=1S/C32H39FN2O6/c1-18-13-23(33)14-19(2)30(18)41-27-12-9-22(32(4,5)39)15-25(27)26-17-35(6)29(36)16-28(26)40-24-10-7-21(8-11-24)20(3)34-31(37)38/h9,12-17,20-21,24,34,39H,7-8,10-11H2,1-6H3,(H,37,38). The number of benzene rings is 2. The smallest absolute Gasteiger partial charge is 0.404 e. The lowest BCUT2D eigenvalue weighted by Crippen LogP contribution is -2.40. The lowest BCUT2D eigenvalue weighted by atomic mass is 9.83. The molecule has 1 aliphatic carbocycles. The van der Waals surface area contributed by atoms with E-state index in [4.69, 9.17) is 14.6 Å². The molecule has 0 spiro atoms. The summed E-state index contributed by atoms with van der Waals surface area (Å²) in [5.74, 6) is 1.26. The van der Waals surface area contributed by atoms with E-state index in [1.807, 2.05) is 13.0 Å². The molecule has 1 heterocycles. The van der Waals surface area contributed by atoms with E-state index >= 15 is 0 Å². The largest absolute Gasteiger partial charge is 0.490 e. The molecule has 9 heteroatoms. The van der Waals surface area contributed by atoms with Gasteiger partial charge in [-0.1, -0.05) is 6.07 Å². The van der Waals surface area contributed by atoms with Crippen LogP contribution in [0.5, 0.6) is 17.2 Å². The highest BCUT2D eigenvalue weighted by Gasteiger charge is 2.29. The van der Waals surface area contributed by atoms with Crippen LogP contribution in [-0.4, -0.2) is 33.0 Å². The van der Waals surface area contributed by atoms with Gasteiger partial charge in [-0.05, 0) is 107 Å². The molecule has 1 aromatic heterocycles. The third-order valence-corrected chi connectivity index (χ3v) is 7.87. The van der Waals surface area contributed by atoms with E-state index in [1.165, 1.54) is 22.8 Å². The Morgan fingerprint density at radius 2 is 1.68 bits per heavy atom. The molecule has 1 unspecified atom stereocenters. The number of nitrogens with one attached hydrogen (secondary N) is 1. The first-order valence-electron chi connectivity index (χ1n) is 13.9. The van der Waals surface area contributed by atoms with Crippen LogP contribution >= 0.6 is 0 Å². The van der Waals surface area contributed by atoms with Crippen LogP contribution in [0.25, 0.3) is 11.1 Å². The third-order valence-electron chi connectivity index (χ3n) is 7.87. The number of carbonyl (C=O) groups is 1. The first kappa shape index (κ1) is 30.1. The van der Waals surface area contributed by atoms with Gasteiger partial charge < -0.3 is 29.6 Å². The number of pyridine rings is 1. The number of nitrogens with zero attached hydrogens (tertiary/aromatic N) is 1. The maximum Gasteiger partial charge on any atom is 0.404 e. The van der Waals surface area contributed by atoms with Gasteiger partial charge in [-0.2, -0.15) is 0 Å². The van der Waals surface area contributed by atoms with Gasteiger partial charge in [0.05, 0.1) is 11.7 Å². The zero-order chi connectivity index (χ0) is 30.1. The number of amides is 1. The van der Waals surface area contributed by atoms with Crippen LogP contribution in [0.3, 0.4) is 0 Å². The van der Waals surface area contributed by atoms with Gasteiger partial charge in [0.2, 0.25) is 0 Å². The predicted octanol–water partition coefficient (Wildman–Crippen LogP) is 6.42. The first-order valence-corrected chi connectivity index (χ1v) is 13.9. The van der Waals surface area contributed by atoms with Crippen LogP contribution in [-0.2, 0) is 12.6 Å². The van der Waals surface area contributed by atoms with Gasteiger partial charge in [-0.15, -0.1) is 0 Å². The summed E-state index contributed by atoms with van der Waals surface area (Å²) in [6.07, 6.45) is 3.52. The second-order valence-electron chi connectivity index (χ2n) is 11.6. The molecule has 41 heavy (non-hydrogen) atoms. The van der Waals surface area contributed by atoms with Crippen LogP contribution in [0.15, 0.2) is 47.4 Å². The lowest BCUT2D eigenvalue weighted by Gasteiger charge is -2.32. The molecule has 4 rings (SSSR count). The van der Waals surface area contributed by atoms with Gasteiger partial charge in [0.1, 0.15) is 23.1 Å². The van der Waals surface area contributed by atoms with Gasteiger partial charge in [-0.25, -0.2) is 9.18 Å². The average molecular weight is 567 g/mol. The molecule has 1 aliphatic rings. The molecule has 3 aromatic rings. The summed E-state index contributed by atoms with van der Waals surface area (Å²) in [7, 11) is 1.66. The van der Waals surface area contributed by atoms with E-state index < -0.39 is 11.7 Å². The van der Waals surface area contributed by atoms with Crippen molar-refractivity contribution in [3.63, 3.8) is 0 Å². The Balaban J connectivity index is 1.73. The Hall–Kier alpha value is -3.85. The number of carboxylic acid groups (broad SMARTS) is 1. The van der Waals surface area contributed by atoms with Crippen LogP contribution < -0.4 is 20.3 Å². The maximum absolute atomic E-state index is 14.0. The maximum atomic E-state index is 14.0. The van der Waals surface area contributed by atoms with Crippen LogP contribution in [0, 0.1) is 25.6 Å². The molecule has 0 saturated heterocycles. The van der Waals surface area contributed by atoms with Crippen molar-refractivity contribution in [3.8, 4) is 28.4 Å². The van der Waals surface area contributed by atoms with Crippen molar-refractivity contribution in [2.45, 2.75) is 78.0 Å². The summed E-state index contributed by atoms with van der Waals surface area (Å²) in [4.78, 5) is 23.8. The van der Waals surface area contributed by atoms with Gasteiger partial charge in [0.15, 0.2) is 0 Å². The molecule has 220 valence electrons. The van der Waals surface area contributed by atoms with Crippen molar-refractivity contribution in [1.82, 2.24) is 9.88 Å². The number of ether oxygens (including phenoxy) is 2. The highest BCUT2D eigenvalue weighted by molar-refractivity contribution is 5.76. The minimum atomic E-state index is -1.14. The SMILES string of the molecule is Cc1cc(F)cc(C)c1Oc1ccc(C(C)(C)O)cc1-c1cn(C)c(=O)cc1OC1CCC(C(C)NC(=O)O)CC1. The number of halogens is 1. The molecule has 1 atom stereocenters. The zero-order valence-corrected chi connectivity index (χ0v) is 24.5. The predicted molar refractivity (Wildman–Crippen MR) is 155 cm³/mol. The minimum Gasteiger partial charge on any atom is -0.490 e. The van der Waals surface area contributed by atoms with Gasteiger partial charge in [0, 0.05) is 36.5 Å². The molecular formula is C32H39FN2O6. The quantitative estimate of drug-likeness (QED) is 0.290. The van der Waals surface area contributed by atoms with Crippen molar-refractivity contribution in [2.75, 3.05) is 0 Å². The summed E-state index contributed by atoms with van der Waals surface area (Å²) < 4.78 is 28.3. The normalized spacial score (nSPS) is 18.0. The Morgan fingerprint density at radius 3 is 2.27 bits per heavy atom. The lowest BCUT2D eigenvalue weighted by molar-refractivity contribution is 0.0786. The Kier molecular flexibility index (Phi) is 8.77. The van der Waals surface area contributed by atoms with E-state index in [1.54, 1.807) is 53.1 Å². The Bertz CT molecular complexity index is 1460. The fraction of sp³-hybridized carbons (Fsp3) is 0.438. The number of aryl methyl sites for hydroxylation is 3. The first-order chi connectivity index (χ1) is 19.2. The molecule has 0 aliphatic heterocycles. The molecule has 1 saturated carbocycles. The fourth-order valence-corrected chi connectivity index (χ4v) is 5.49. The van der Waals surface area contributed by atoms with E-state index in [2.05, 4.69) is 5.32 Å². The second-order valence-corrected chi connectivity index (χ2v) is 11.6. The van der Waals surface area contributed by atoms with E-state index in [9.17, 15) is 19.1 Å². The summed E-state index contributed by atoms with van der Waals surface area (Å²) in [5, 5.41) is 22.4. The summed E-state index contributed by atoms with van der Waals surface area (Å²) in [6, 6.07) is 9.51. The third kappa shape index (κ3) is 7.08. The highest BCUT2D eigenvalue weighted by Crippen LogP contribution is 2.42. The van der Waals surface area contributed by atoms with Gasteiger partial charge in [0.25, 0.3) is 5.56 Å². The molecular weight excluding hydrogens is 527 g/mol. The molecule has 3 N–H and O–H groups in total. The van der Waals surface area contributed by atoms with Gasteiger partial charge in [-0.3, -0.25) is 4.79 Å². The van der Waals surface area contributed by atoms with Crippen LogP contribution in [0.4, 0.5) is 9.18 Å². The highest BCUT2D eigenvalue weighted by atomic mass is 19.1. The Morgan fingerprint density at radius 1 is 1.05 bits per heavy atom. The van der Waals surface area contributed by atoms with E-state index in [0.717, 1.165) is 12.8 Å². The van der Waals surface area contributed by atoms with E-state index in [-0.39, 0.29) is 29.4 Å². The fourth-order valence-electron chi connectivity index (χ4n) is 5.49. The monoisotopic (exact) mass is 566 g/mol. The molecule has 8 nitrogen and oxygen atoms in total. The number of hydrogen-bond acceptors (Lipinski definition) is 5. The summed E-state index contributed by atoms with van der Waals surface area (Å²) >= 11 is 0. The summed E-state index contributed by atoms with van der Waals surface area (Å²) in [5.41, 5.74) is 1.78. The van der Waals surface area contributed by atoms with Gasteiger partial charge >= 0.3 is 6.09 Å². The summed E-state index contributed by atoms with van der Waals surface area (Å²) in [6.45, 7) is 8.82. The van der Waals surface area contributed by atoms with Crippen molar-refractivity contribution >= 4 is 6.09 Å². The molecule has 1 amide bonds. The topological polar surface area (TPSA) is 110 Å². The minimum absolute atomic E-state index is 0.155. The van der Waals surface area contributed by atoms with Crippen molar-refractivity contribution in [2.24, 2.45) is 13.0 Å². The number of rotatable bonds is 8. The number of hydrogen-bond donors (Lipinski definition) is 3. The molecule has 2 aromatic carbocycles. The average Bonchev–Trinajstić information content (AvgIpc) is 2.87.